The van der Waals surface area contributed by atoms with Gasteiger partial charge in [-0.25, -0.2) is 0 Å². The molecule has 1 N–H and O–H groups in total. The molecule has 116 valence electrons. The van der Waals surface area contributed by atoms with Crippen LogP contribution in [0.5, 0.6) is 0 Å². The Bertz CT molecular complexity index is 659. The van der Waals surface area contributed by atoms with Gasteiger partial charge in [-0.05, 0) is 32.8 Å². The SMILES string of the molecule is Cc1cccc(-c2noc(C(C)NC(=O)C3CCCC3)n2)c1. The van der Waals surface area contributed by atoms with Crippen LogP contribution in [-0.2, 0) is 4.79 Å². The smallest absolute Gasteiger partial charge is 0.249 e. The highest BCUT2D eigenvalue weighted by molar-refractivity contribution is 5.79. The van der Waals surface area contributed by atoms with Gasteiger partial charge in [-0.15, -0.1) is 0 Å². The highest BCUT2D eigenvalue weighted by Crippen LogP contribution is 2.26. The first kappa shape index (κ1) is 14.8. The van der Waals surface area contributed by atoms with Crippen LogP contribution in [0, 0.1) is 12.8 Å². The molecule has 0 radical (unpaired) electrons. The number of nitrogens with zero attached hydrogens (tertiary/aromatic N) is 2. The van der Waals surface area contributed by atoms with Crippen molar-refractivity contribution in [2.24, 2.45) is 5.92 Å². The van der Waals surface area contributed by atoms with Crippen LogP contribution in [0.1, 0.15) is 50.1 Å². The van der Waals surface area contributed by atoms with E-state index in [1.807, 2.05) is 38.1 Å². The molecule has 1 unspecified atom stereocenters. The van der Waals surface area contributed by atoms with Crippen molar-refractivity contribution < 1.29 is 9.32 Å². The van der Waals surface area contributed by atoms with Crippen LogP contribution in [0.2, 0.25) is 0 Å². The van der Waals surface area contributed by atoms with Crippen LogP contribution < -0.4 is 5.32 Å². The van der Waals surface area contributed by atoms with Crippen LogP contribution >= 0.6 is 0 Å². The zero-order chi connectivity index (χ0) is 15.5. The molecule has 1 atom stereocenters. The predicted octanol–water partition coefficient (Wildman–Crippen LogP) is 3.41. The molecule has 1 fully saturated rings. The van der Waals surface area contributed by atoms with Gasteiger partial charge in [0.05, 0.1) is 0 Å². The zero-order valence-electron chi connectivity index (χ0n) is 13.0. The van der Waals surface area contributed by atoms with Gasteiger partial charge in [-0.2, -0.15) is 4.98 Å². The summed E-state index contributed by atoms with van der Waals surface area (Å²) in [5.41, 5.74) is 2.07. The minimum Gasteiger partial charge on any atom is -0.344 e. The Morgan fingerprint density at radius 1 is 1.36 bits per heavy atom. The average molecular weight is 299 g/mol. The lowest BCUT2D eigenvalue weighted by atomic mass is 10.1. The third-order valence-corrected chi connectivity index (χ3v) is 4.17. The van der Waals surface area contributed by atoms with E-state index in [4.69, 9.17) is 4.52 Å². The molecule has 1 heterocycles. The maximum absolute atomic E-state index is 12.1. The van der Waals surface area contributed by atoms with E-state index < -0.39 is 0 Å². The fourth-order valence-corrected chi connectivity index (χ4v) is 2.89. The standard InChI is InChI=1S/C17H21N3O2/c1-11-6-5-9-14(10-11)15-19-17(22-20-15)12(2)18-16(21)13-7-3-4-8-13/h5-6,9-10,12-13H,3-4,7-8H2,1-2H3,(H,18,21). The van der Waals surface area contributed by atoms with Crippen LogP contribution in [0.25, 0.3) is 11.4 Å². The summed E-state index contributed by atoms with van der Waals surface area (Å²) in [6, 6.07) is 7.68. The lowest BCUT2D eigenvalue weighted by Crippen LogP contribution is -2.31. The van der Waals surface area contributed by atoms with E-state index in [9.17, 15) is 4.79 Å². The molecule has 0 aliphatic heterocycles. The van der Waals surface area contributed by atoms with Gasteiger partial charge in [0, 0.05) is 11.5 Å². The molecule has 1 saturated carbocycles. The predicted molar refractivity (Wildman–Crippen MR) is 83.0 cm³/mol. The number of nitrogens with one attached hydrogen (secondary N) is 1. The molecular formula is C17H21N3O2. The summed E-state index contributed by atoms with van der Waals surface area (Å²) >= 11 is 0. The Balaban J connectivity index is 1.68. The number of hydrogen-bond donors (Lipinski definition) is 1. The second kappa shape index (κ2) is 6.30. The Kier molecular flexibility index (Phi) is 4.22. The monoisotopic (exact) mass is 299 g/mol. The fourth-order valence-electron chi connectivity index (χ4n) is 2.89. The first-order valence-electron chi connectivity index (χ1n) is 7.84. The molecule has 1 aliphatic carbocycles. The van der Waals surface area contributed by atoms with Crippen molar-refractivity contribution in [2.45, 2.75) is 45.6 Å². The maximum Gasteiger partial charge on any atom is 0.249 e. The maximum atomic E-state index is 12.1. The van der Waals surface area contributed by atoms with Crippen molar-refractivity contribution in [1.29, 1.82) is 0 Å². The molecule has 1 aromatic heterocycles. The summed E-state index contributed by atoms with van der Waals surface area (Å²) < 4.78 is 5.31. The van der Waals surface area contributed by atoms with Gasteiger partial charge in [0.25, 0.3) is 0 Å². The molecular weight excluding hydrogens is 278 g/mol. The number of hydrogen-bond acceptors (Lipinski definition) is 4. The average Bonchev–Trinajstić information content (AvgIpc) is 3.19. The van der Waals surface area contributed by atoms with Gasteiger partial charge in [-0.1, -0.05) is 41.8 Å². The molecule has 1 aliphatic rings. The Labute approximate surface area is 130 Å². The van der Waals surface area contributed by atoms with Crippen molar-refractivity contribution in [1.82, 2.24) is 15.5 Å². The molecule has 1 amide bonds. The van der Waals surface area contributed by atoms with Crippen molar-refractivity contribution in [2.75, 3.05) is 0 Å². The van der Waals surface area contributed by atoms with Crippen LogP contribution in [0.4, 0.5) is 0 Å². The van der Waals surface area contributed by atoms with Crippen molar-refractivity contribution >= 4 is 5.91 Å². The van der Waals surface area contributed by atoms with Gasteiger partial charge < -0.3 is 9.84 Å². The first-order valence-corrected chi connectivity index (χ1v) is 7.84. The molecule has 5 nitrogen and oxygen atoms in total. The highest BCUT2D eigenvalue weighted by atomic mass is 16.5. The quantitative estimate of drug-likeness (QED) is 0.939. The summed E-state index contributed by atoms with van der Waals surface area (Å²) in [6.07, 6.45) is 4.25. The second-order valence-corrected chi connectivity index (χ2v) is 6.04. The van der Waals surface area contributed by atoms with Gasteiger partial charge in [0.2, 0.25) is 17.6 Å². The number of aromatic nitrogens is 2. The molecule has 2 aromatic rings. The van der Waals surface area contributed by atoms with Gasteiger partial charge in [0.1, 0.15) is 6.04 Å². The van der Waals surface area contributed by atoms with E-state index >= 15 is 0 Å². The van der Waals surface area contributed by atoms with Crippen molar-refractivity contribution in [3.05, 3.63) is 35.7 Å². The summed E-state index contributed by atoms with van der Waals surface area (Å²) in [6.45, 7) is 3.90. The zero-order valence-corrected chi connectivity index (χ0v) is 13.0. The molecule has 22 heavy (non-hydrogen) atoms. The van der Waals surface area contributed by atoms with E-state index in [2.05, 4.69) is 15.5 Å². The first-order chi connectivity index (χ1) is 10.6. The minimum absolute atomic E-state index is 0.0975. The highest BCUT2D eigenvalue weighted by Gasteiger charge is 2.25. The summed E-state index contributed by atoms with van der Waals surface area (Å²) in [5, 5.41) is 7.00. The second-order valence-electron chi connectivity index (χ2n) is 6.04. The summed E-state index contributed by atoms with van der Waals surface area (Å²) in [7, 11) is 0. The van der Waals surface area contributed by atoms with Crippen LogP contribution in [0.15, 0.2) is 28.8 Å². The number of carbonyl (C=O) groups is 1. The van der Waals surface area contributed by atoms with Gasteiger partial charge in [0.15, 0.2) is 0 Å². The number of amides is 1. The molecule has 0 bridgehead atoms. The van der Waals surface area contributed by atoms with Crippen LogP contribution in [-0.4, -0.2) is 16.0 Å². The Morgan fingerprint density at radius 2 is 2.14 bits per heavy atom. The fraction of sp³-hybridized carbons (Fsp3) is 0.471. The number of rotatable bonds is 4. The number of carbonyl (C=O) groups excluding carboxylic acids is 1. The Hall–Kier alpha value is -2.17. The van der Waals surface area contributed by atoms with E-state index in [0.717, 1.165) is 36.8 Å². The van der Waals surface area contributed by atoms with Crippen molar-refractivity contribution in [3.63, 3.8) is 0 Å². The molecule has 3 rings (SSSR count). The normalized spacial score (nSPS) is 16.6. The Morgan fingerprint density at radius 3 is 2.86 bits per heavy atom. The topological polar surface area (TPSA) is 68.0 Å². The molecule has 5 heteroatoms. The van der Waals surface area contributed by atoms with Gasteiger partial charge in [-0.3, -0.25) is 4.79 Å². The molecule has 0 spiro atoms. The number of benzene rings is 1. The van der Waals surface area contributed by atoms with Gasteiger partial charge >= 0.3 is 0 Å². The summed E-state index contributed by atoms with van der Waals surface area (Å²) in [5.74, 6) is 1.24. The third-order valence-electron chi connectivity index (χ3n) is 4.17. The third kappa shape index (κ3) is 3.18. The lowest BCUT2D eigenvalue weighted by molar-refractivity contribution is -0.125. The number of aryl methyl sites for hydroxylation is 1. The molecule has 0 saturated heterocycles. The molecule has 1 aromatic carbocycles. The minimum atomic E-state index is -0.265. The largest absolute Gasteiger partial charge is 0.344 e. The van der Waals surface area contributed by atoms with Crippen molar-refractivity contribution in [3.8, 4) is 11.4 Å². The van der Waals surface area contributed by atoms with E-state index in [1.165, 1.54) is 0 Å². The van der Waals surface area contributed by atoms with Crippen LogP contribution in [0.3, 0.4) is 0 Å². The van der Waals surface area contributed by atoms with E-state index in [-0.39, 0.29) is 17.9 Å². The summed E-state index contributed by atoms with van der Waals surface area (Å²) in [4.78, 5) is 16.6. The van der Waals surface area contributed by atoms with E-state index in [0.29, 0.717) is 11.7 Å². The lowest BCUT2D eigenvalue weighted by Gasteiger charge is -2.13. The van der Waals surface area contributed by atoms with E-state index in [1.54, 1.807) is 0 Å².